The molecule has 0 spiro atoms. The molecule has 22 heavy (non-hydrogen) atoms. The summed E-state index contributed by atoms with van der Waals surface area (Å²) in [7, 11) is 3.37. The Morgan fingerprint density at radius 2 is 1.91 bits per heavy atom. The van der Waals surface area contributed by atoms with Crippen molar-refractivity contribution >= 4 is 23.4 Å². The van der Waals surface area contributed by atoms with Crippen LogP contribution in [-0.2, 0) is 16.1 Å². The highest BCUT2D eigenvalue weighted by molar-refractivity contribution is 6.31. The molecule has 1 N–H and O–H groups in total. The van der Waals surface area contributed by atoms with Gasteiger partial charge < -0.3 is 10.2 Å². The summed E-state index contributed by atoms with van der Waals surface area (Å²) in [6.07, 6.45) is 0.598. The molecule has 0 aromatic carbocycles. The maximum absolute atomic E-state index is 12.2. The molecule has 1 aromatic heterocycles. The Morgan fingerprint density at radius 1 is 1.32 bits per heavy atom. The minimum atomic E-state index is -0.519. The number of hydrogen-bond donors (Lipinski definition) is 1. The van der Waals surface area contributed by atoms with Gasteiger partial charge in [0.2, 0.25) is 11.8 Å². The normalized spacial score (nSPS) is 12.4. The van der Waals surface area contributed by atoms with Crippen LogP contribution in [0.3, 0.4) is 0 Å². The SMILES string of the molecule is Cc1nn(CC(=O)NC(CC(C)C)C(=O)N(C)C)c(C)c1Cl. The lowest BCUT2D eigenvalue weighted by Crippen LogP contribution is -2.47. The Kier molecular flexibility index (Phi) is 6.41. The van der Waals surface area contributed by atoms with Crippen molar-refractivity contribution in [3.63, 3.8) is 0 Å². The van der Waals surface area contributed by atoms with E-state index in [1.807, 2.05) is 20.8 Å². The zero-order valence-electron chi connectivity index (χ0n) is 14.1. The maximum Gasteiger partial charge on any atom is 0.244 e. The molecule has 6 nitrogen and oxygen atoms in total. The van der Waals surface area contributed by atoms with Gasteiger partial charge in [0.25, 0.3) is 0 Å². The van der Waals surface area contributed by atoms with Crippen molar-refractivity contribution in [2.24, 2.45) is 5.92 Å². The summed E-state index contributed by atoms with van der Waals surface area (Å²) in [5.41, 5.74) is 1.43. The van der Waals surface area contributed by atoms with Crippen molar-refractivity contribution in [2.45, 2.75) is 46.7 Å². The molecular weight excluding hydrogens is 304 g/mol. The zero-order valence-corrected chi connectivity index (χ0v) is 14.9. The van der Waals surface area contributed by atoms with Gasteiger partial charge in [-0.05, 0) is 26.2 Å². The number of aryl methyl sites for hydroxylation is 1. The molecule has 0 bridgehead atoms. The minimum Gasteiger partial charge on any atom is -0.347 e. The molecule has 0 saturated carbocycles. The van der Waals surface area contributed by atoms with Gasteiger partial charge in [-0.3, -0.25) is 14.3 Å². The van der Waals surface area contributed by atoms with Gasteiger partial charge in [-0.1, -0.05) is 25.4 Å². The largest absolute Gasteiger partial charge is 0.347 e. The first-order chi connectivity index (χ1) is 10.1. The third-order valence-corrected chi connectivity index (χ3v) is 3.91. The number of amides is 2. The molecule has 2 amide bonds. The maximum atomic E-state index is 12.2. The van der Waals surface area contributed by atoms with Crippen molar-refractivity contribution in [2.75, 3.05) is 14.1 Å². The molecule has 0 aliphatic carbocycles. The van der Waals surface area contributed by atoms with E-state index in [1.54, 1.807) is 25.7 Å². The van der Waals surface area contributed by atoms with Crippen molar-refractivity contribution in [1.82, 2.24) is 20.0 Å². The van der Waals surface area contributed by atoms with Crippen LogP contribution in [0.25, 0.3) is 0 Å². The fraction of sp³-hybridized carbons (Fsp3) is 0.667. The lowest BCUT2D eigenvalue weighted by atomic mass is 10.0. The zero-order chi connectivity index (χ0) is 17.0. The summed E-state index contributed by atoms with van der Waals surface area (Å²) < 4.78 is 1.56. The van der Waals surface area contributed by atoms with E-state index < -0.39 is 6.04 Å². The Hall–Kier alpha value is -1.56. The fourth-order valence-corrected chi connectivity index (χ4v) is 2.34. The van der Waals surface area contributed by atoms with Crippen LogP contribution in [0.1, 0.15) is 31.7 Å². The van der Waals surface area contributed by atoms with Crippen molar-refractivity contribution in [3.8, 4) is 0 Å². The topological polar surface area (TPSA) is 67.2 Å². The van der Waals surface area contributed by atoms with Gasteiger partial charge in [-0.15, -0.1) is 0 Å². The second-order valence-electron chi connectivity index (χ2n) is 6.12. The number of hydrogen-bond acceptors (Lipinski definition) is 3. The Balaban J connectivity index is 2.78. The molecule has 0 saturated heterocycles. The average Bonchev–Trinajstić information content (AvgIpc) is 2.64. The quantitative estimate of drug-likeness (QED) is 0.865. The predicted molar refractivity (Wildman–Crippen MR) is 86.8 cm³/mol. The van der Waals surface area contributed by atoms with E-state index in [4.69, 9.17) is 11.6 Å². The summed E-state index contributed by atoms with van der Waals surface area (Å²) in [5.74, 6) is -0.0473. The Bertz CT molecular complexity index is 552. The van der Waals surface area contributed by atoms with Crippen molar-refractivity contribution < 1.29 is 9.59 Å². The fourth-order valence-electron chi connectivity index (χ4n) is 2.21. The molecule has 124 valence electrons. The first-order valence-corrected chi connectivity index (χ1v) is 7.71. The minimum absolute atomic E-state index is 0.0503. The summed E-state index contributed by atoms with van der Waals surface area (Å²) in [5, 5.41) is 7.59. The second-order valence-corrected chi connectivity index (χ2v) is 6.50. The molecule has 1 rings (SSSR count). The van der Waals surface area contributed by atoms with Crippen LogP contribution in [0.4, 0.5) is 0 Å². The van der Waals surface area contributed by atoms with E-state index in [-0.39, 0.29) is 18.4 Å². The summed E-state index contributed by atoms with van der Waals surface area (Å²) in [6, 6.07) is -0.519. The predicted octanol–water partition coefficient (Wildman–Crippen LogP) is 1.77. The molecule has 0 radical (unpaired) electrons. The van der Waals surface area contributed by atoms with Crippen LogP contribution in [-0.4, -0.2) is 46.6 Å². The molecule has 1 unspecified atom stereocenters. The molecule has 1 atom stereocenters. The van der Waals surface area contributed by atoms with Gasteiger partial charge in [0.15, 0.2) is 0 Å². The molecular formula is C15H25ClN4O2. The van der Waals surface area contributed by atoms with E-state index in [1.165, 1.54) is 4.90 Å². The van der Waals surface area contributed by atoms with E-state index in [0.717, 1.165) is 5.69 Å². The van der Waals surface area contributed by atoms with Gasteiger partial charge in [0.1, 0.15) is 12.6 Å². The summed E-state index contributed by atoms with van der Waals surface area (Å²) in [6.45, 7) is 7.69. The first kappa shape index (κ1) is 18.5. The van der Waals surface area contributed by atoms with Crippen LogP contribution in [0.5, 0.6) is 0 Å². The molecule has 0 aliphatic rings. The van der Waals surface area contributed by atoms with Gasteiger partial charge in [0, 0.05) is 14.1 Å². The average molecular weight is 329 g/mol. The smallest absolute Gasteiger partial charge is 0.244 e. The third kappa shape index (κ3) is 4.73. The number of aromatic nitrogens is 2. The van der Waals surface area contributed by atoms with Crippen LogP contribution in [0.15, 0.2) is 0 Å². The highest BCUT2D eigenvalue weighted by atomic mass is 35.5. The van der Waals surface area contributed by atoms with Crippen LogP contribution < -0.4 is 5.32 Å². The van der Waals surface area contributed by atoms with Gasteiger partial charge in [-0.25, -0.2) is 0 Å². The lowest BCUT2D eigenvalue weighted by molar-refractivity contribution is -0.135. The monoisotopic (exact) mass is 328 g/mol. The van der Waals surface area contributed by atoms with E-state index in [9.17, 15) is 9.59 Å². The molecule has 1 heterocycles. The van der Waals surface area contributed by atoms with Crippen molar-refractivity contribution in [1.29, 1.82) is 0 Å². The van der Waals surface area contributed by atoms with Crippen LogP contribution in [0, 0.1) is 19.8 Å². The molecule has 7 heteroatoms. The van der Waals surface area contributed by atoms with Crippen LogP contribution in [0.2, 0.25) is 5.02 Å². The highest BCUT2D eigenvalue weighted by Gasteiger charge is 2.24. The Labute approximate surface area is 136 Å². The lowest BCUT2D eigenvalue weighted by Gasteiger charge is -2.23. The highest BCUT2D eigenvalue weighted by Crippen LogP contribution is 2.18. The number of likely N-dealkylation sites (N-methyl/N-ethyl adjacent to an activating group) is 1. The van der Waals surface area contributed by atoms with Gasteiger partial charge in [0.05, 0.1) is 16.4 Å². The number of carbonyl (C=O) groups is 2. The van der Waals surface area contributed by atoms with E-state index >= 15 is 0 Å². The number of carbonyl (C=O) groups excluding carboxylic acids is 2. The number of rotatable bonds is 6. The first-order valence-electron chi connectivity index (χ1n) is 7.33. The standard InChI is InChI=1S/C15H25ClN4O2/c1-9(2)7-12(15(22)19(5)6)17-13(21)8-20-11(4)14(16)10(3)18-20/h9,12H,7-8H2,1-6H3,(H,17,21). The Morgan fingerprint density at radius 3 is 2.32 bits per heavy atom. The second kappa shape index (κ2) is 7.63. The number of nitrogens with one attached hydrogen (secondary N) is 1. The van der Waals surface area contributed by atoms with Crippen LogP contribution >= 0.6 is 11.6 Å². The third-order valence-electron chi connectivity index (χ3n) is 3.37. The summed E-state index contributed by atoms with van der Waals surface area (Å²) in [4.78, 5) is 25.9. The number of halogens is 1. The van der Waals surface area contributed by atoms with Crippen molar-refractivity contribution in [3.05, 3.63) is 16.4 Å². The molecule has 1 aromatic rings. The molecule has 0 aliphatic heterocycles. The van der Waals surface area contributed by atoms with E-state index in [2.05, 4.69) is 10.4 Å². The summed E-state index contributed by atoms with van der Waals surface area (Å²) >= 11 is 6.07. The van der Waals surface area contributed by atoms with Gasteiger partial charge in [-0.2, -0.15) is 5.10 Å². The molecule has 0 fully saturated rings. The van der Waals surface area contributed by atoms with Gasteiger partial charge >= 0.3 is 0 Å². The van der Waals surface area contributed by atoms with E-state index in [0.29, 0.717) is 23.1 Å². The number of nitrogens with zero attached hydrogens (tertiary/aromatic N) is 3.